The third-order valence-electron chi connectivity index (χ3n) is 4.48. The average Bonchev–Trinajstić information content (AvgIpc) is 2.81. The highest BCUT2D eigenvalue weighted by molar-refractivity contribution is 5.88. The summed E-state index contributed by atoms with van der Waals surface area (Å²) in [6.07, 6.45) is 3.82. The molecule has 4 N–H and O–H groups in total. The van der Waals surface area contributed by atoms with Crippen molar-refractivity contribution in [2.75, 3.05) is 13.1 Å². The number of hydrogen-bond acceptors (Lipinski definition) is 4. The van der Waals surface area contributed by atoms with Crippen molar-refractivity contribution in [1.29, 1.82) is 0 Å². The maximum Gasteiger partial charge on any atom is 0.326 e. The molecule has 1 amide bonds. The van der Waals surface area contributed by atoms with Crippen molar-refractivity contribution in [1.82, 2.24) is 4.90 Å². The van der Waals surface area contributed by atoms with E-state index >= 15 is 0 Å². The highest BCUT2D eigenvalue weighted by atomic mass is 16.4. The van der Waals surface area contributed by atoms with E-state index in [9.17, 15) is 14.7 Å². The van der Waals surface area contributed by atoms with Crippen LogP contribution in [0.4, 0.5) is 0 Å². The van der Waals surface area contributed by atoms with Crippen LogP contribution in [-0.2, 0) is 9.59 Å². The molecule has 2 aliphatic rings. The van der Waals surface area contributed by atoms with Crippen molar-refractivity contribution < 1.29 is 19.8 Å². The third kappa shape index (κ3) is 2.60. The van der Waals surface area contributed by atoms with Gasteiger partial charge in [-0.15, -0.1) is 0 Å². The van der Waals surface area contributed by atoms with Gasteiger partial charge in [-0.2, -0.15) is 0 Å². The largest absolute Gasteiger partial charge is 0.480 e. The summed E-state index contributed by atoms with van der Waals surface area (Å²) >= 11 is 0. The molecule has 0 radical (unpaired) electrons. The normalized spacial score (nSPS) is 30.3. The second-order valence-electron chi connectivity index (χ2n) is 5.75. The van der Waals surface area contributed by atoms with Gasteiger partial charge in [-0.1, -0.05) is 19.3 Å². The zero-order valence-corrected chi connectivity index (χ0v) is 11.0. The lowest BCUT2D eigenvalue weighted by Crippen LogP contribution is -2.52. The van der Waals surface area contributed by atoms with E-state index in [1.54, 1.807) is 0 Å². The molecule has 1 heterocycles. The summed E-state index contributed by atoms with van der Waals surface area (Å²) in [5.74, 6) is -1.23. The lowest BCUT2D eigenvalue weighted by Gasteiger charge is -2.38. The number of carbonyl (C=O) groups excluding carboxylic acids is 1. The van der Waals surface area contributed by atoms with Crippen LogP contribution in [0.15, 0.2) is 0 Å². The summed E-state index contributed by atoms with van der Waals surface area (Å²) in [6, 6.07) is -0.909. The molecule has 0 bridgehead atoms. The number of aliphatic hydroxyl groups excluding tert-OH is 1. The number of carboxylic acid groups (broad SMARTS) is 1. The minimum Gasteiger partial charge on any atom is -0.480 e. The van der Waals surface area contributed by atoms with Crippen LogP contribution in [0, 0.1) is 5.41 Å². The molecule has 19 heavy (non-hydrogen) atoms. The molecule has 2 atom stereocenters. The number of amides is 1. The number of β-amino-alcohol motifs (C(OH)–C–C–N with tert-alkyl or cyclic N) is 1. The third-order valence-corrected chi connectivity index (χ3v) is 4.48. The van der Waals surface area contributed by atoms with E-state index in [2.05, 4.69) is 0 Å². The Kier molecular flexibility index (Phi) is 4.10. The van der Waals surface area contributed by atoms with Gasteiger partial charge in [-0.3, -0.25) is 4.79 Å². The molecule has 6 heteroatoms. The van der Waals surface area contributed by atoms with E-state index in [0.29, 0.717) is 0 Å². The Balaban J connectivity index is 2.19. The van der Waals surface area contributed by atoms with E-state index in [4.69, 9.17) is 10.8 Å². The Morgan fingerprint density at radius 3 is 2.42 bits per heavy atom. The van der Waals surface area contributed by atoms with E-state index < -0.39 is 23.5 Å². The van der Waals surface area contributed by atoms with E-state index in [0.717, 1.165) is 32.1 Å². The molecule has 108 valence electrons. The standard InChI is InChI=1S/C13H22N2O4/c14-8-13(4-2-1-3-5-13)12(19)15-7-9(16)6-10(15)11(17)18/h9-10,16H,1-8,14H2,(H,17,18)/t9-,10-/m1/s1. The molecule has 0 aromatic carbocycles. The molecule has 1 aliphatic heterocycles. The lowest BCUT2D eigenvalue weighted by molar-refractivity contribution is -0.154. The molecule has 0 spiro atoms. The number of rotatable bonds is 3. The fraction of sp³-hybridized carbons (Fsp3) is 0.846. The number of aliphatic carboxylic acids is 1. The average molecular weight is 270 g/mol. The molecule has 0 aromatic rings. The number of nitrogens with zero attached hydrogens (tertiary/aromatic N) is 1. The number of carboxylic acids is 1. The number of carbonyl (C=O) groups is 2. The number of nitrogens with two attached hydrogens (primary N) is 1. The molecule has 1 saturated carbocycles. The smallest absolute Gasteiger partial charge is 0.326 e. The van der Waals surface area contributed by atoms with Gasteiger partial charge in [0.2, 0.25) is 5.91 Å². The molecule has 2 fully saturated rings. The molecule has 1 saturated heterocycles. The topological polar surface area (TPSA) is 104 Å². The maximum atomic E-state index is 12.7. The van der Waals surface area contributed by atoms with E-state index in [1.165, 1.54) is 4.90 Å². The van der Waals surface area contributed by atoms with Gasteiger partial charge < -0.3 is 20.8 Å². The Morgan fingerprint density at radius 2 is 1.89 bits per heavy atom. The van der Waals surface area contributed by atoms with Gasteiger partial charge in [-0.25, -0.2) is 4.79 Å². The summed E-state index contributed by atoms with van der Waals surface area (Å²) < 4.78 is 0. The van der Waals surface area contributed by atoms with Gasteiger partial charge in [0.15, 0.2) is 0 Å². The van der Waals surface area contributed by atoms with Crippen molar-refractivity contribution in [3.05, 3.63) is 0 Å². The molecular weight excluding hydrogens is 248 g/mol. The van der Waals surface area contributed by atoms with Crippen molar-refractivity contribution in [2.45, 2.75) is 50.7 Å². The zero-order valence-electron chi connectivity index (χ0n) is 11.0. The fourth-order valence-electron chi connectivity index (χ4n) is 3.31. The van der Waals surface area contributed by atoms with Crippen LogP contribution in [0.5, 0.6) is 0 Å². The number of likely N-dealkylation sites (tertiary alicyclic amines) is 1. The molecule has 6 nitrogen and oxygen atoms in total. The minimum atomic E-state index is -1.05. The maximum absolute atomic E-state index is 12.7. The van der Waals surface area contributed by atoms with Crippen LogP contribution in [0.3, 0.4) is 0 Å². The second-order valence-corrected chi connectivity index (χ2v) is 5.75. The van der Waals surface area contributed by atoms with Crippen LogP contribution in [0.25, 0.3) is 0 Å². The van der Waals surface area contributed by atoms with Crippen LogP contribution in [-0.4, -0.2) is 52.2 Å². The second kappa shape index (κ2) is 5.46. The summed E-state index contributed by atoms with van der Waals surface area (Å²) in [5, 5.41) is 18.8. The first-order valence-corrected chi connectivity index (χ1v) is 6.92. The fourth-order valence-corrected chi connectivity index (χ4v) is 3.31. The molecule has 0 aromatic heterocycles. The molecule has 1 aliphatic carbocycles. The number of aliphatic hydroxyl groups is 1. The van der Waals surface area contributed by atoms with Crippen LogP contribution < -0.4 is 5.73 Å². The monoisotopic (exact) mass is 270 g/mol. The van der Waals surface area contributed by atoms with Crippen LogP contribution in [0.1, 0.15) is 38.5 Å². The molecule has 0 unspecified atom stereocenters. The first kappa shape index (κ1) is 14.3. The summed E-state index contributed by atoms with van der Waals surface area (Å²) in [7, 11) is 0. The van der Waals surface area contributed by atoms with Gasteiger partial charge in [0.1, 0.15) is 6.04 Å². The van der Waals surface area contributed by atoms with Crippen molar-refractivity contribution >= 4 is 11.9 Å². The van der Waals surface area contributed by atoms with Crippen molar-refractivity contribution in [3.8, 4) is 0 Å². The van der Waals surface area contributed by atoms with E-state index in [1.807, 2.05) is 0 Å². The van der Waals surface area contributed by atoms with Crippen molar-refractivity contribution in [3.63, 3.8) is 0 Å². The number of hydrogen-bond donors (Lipinski definition) is 3. The summed E-state index contributed by atoms with van der Waals surface area (Å²) in [5.41, 5.74) is 5.19. The highest BCUT2D eigenvalue weighted by Gasteiger charge is 2.47. The Bertz CT molecular complexity index is 366. The SMILES string of the molecule is NCC1(C(=O)N2C[C@H](O)C[C@@H]2C(=O)O)CCCCC1. The first-order valence-electron chi connectivity index (χ1n) is 6.92. The quantitative estimate of drug-likeness (QED) is 0.666. The van der Waals surface area contributed by atoms with Gasteiger partial charge in [0.05, 0.1) is 11.5 Å². The minimum absolute atomic E-state index is 0.109. The summed E-state index contributed by atoms with van der Waals surface area (Å²) in [6.45, 7) is 0.363. The van der Waals surface area contributed by atoms with Crippen molar-refractivity contribution in [2.24, 2.45) is 11.1 Å². The Hall–Kier alpha value is -1.14. The predicted molar refractivity (Wildman–Crippen MR) is 68.3 cm³/mol. The molecular formula is C13H22N2O4. The van der Waals surface area contributed by atoms with Gasteiger partial charge in [0.25, 0.3) is 0 Å². The van der Waals surface area contributed by atoms with Crippen LogP contribution >= 0.6 is 0 Å². The van der Waals surface area contributed by atoms with Gasteiger partial charge >= 0.3 is 5.97 Å². The Morgan fingerprint density at radius 1 is 1.26 bits per heavy atom. The highest BCUT2D eigenvalue weighted by Crippen LogP contribution is 2.38. The Labute approximate surface area is 112 Å². The lowest BCUT2D eigenvalue weighted by atomic mass is 9.73. The molecule has 2 rings (SSSR count). The van der Waals surface area contributed by atoms with Gasteiger partial charge in [-0.05, 0) is 12.8 Å². The van der Waals surface area contributed by atoms with Crippen LogP contribution in [0.2, 0.25) is 0 Å². The summed E-state index contributed by atoms with van der Waals surface area (Å²) in [4.78, 5) is 25.2. The predicted octanol–water partition coefficient (Wildman–Crippen LogP) is -0.0580. The zero-order chi connectivity index (χ0) is 14.0. The first-order chi connectivity index (χ1) is 9.00. The van der Waals surface area contributed by atoms with Gasteiger partial charge in [0, 0.05) is 19.5 Å². The van der Waals surface area contributed by atoms with E-state index in [-0.39, 0.29) is 25.4 Å².